The van der Waals surface area contributed by atoms with Crippen LogP contribution in [0.3, 0.4) is 0 Å². The molecule has 2 bridgehead atoms. The number of cyclic esters (lactones) is 1. The number of aliphatic hydroxyl groups excluding tert-OH is 2. The number of hydrogen-bond acceptors (Lipinski definition) is 8. The predicted molar refractivity (Wildman–Crippen MR) is 220 cm³/mol. The SMILES string of the molecule is CC(C)C1=C(O)C2=C(C(=O)C1=O)[C@]13CCC[C@](C)(C(=O)OC1)[C@@H]3C[C@H]2OC(=O)[C@]12CCC(C)(C)C[C@H]1C1=CC[C@@H]3[C@@]4(C)CC[C@H](O)C(C)(C)[C@@H]4CC[C@@]3(C)[C@]1(C)CC2. The molecular weight excluding hydrogens is 729 g/mol. The third-order valence-corrected chi connectivity index (χ3v) is 20.3. The first kappa shape index (κ1) is 40.7. The lowest BCUT2D eigenvalue weighted by Crippen LogP contribution is -2.65. The number of ketones is 2. The summed E-state index contributed by atoms with van der Waals surface area (Å²) in [6.45, 7) is 22.3. The number of ether oxygens (including phenoxy) is 2. The molecular formula is C50H70O8. The van der Waals surface area contributed by atoms with Gasteiger partial charge in [-0.1, -0.05) is 80.4 Å². The van der Waals surface area contributed by atoms with Gasteiger partial charge < -0.3 is 19.7 Å². The number of aliphatic hydroxyl groups is 2. The standard InChI is InChI=1S/C50H70O8/c1-27(2)35-38(52)36-30(24-33-46(8)16-11-17-50(33,26-57-41(46)55)37(36)40(54)39(35)53)58-42(56)49-22-20-43(3,4)25-29(49)28-12-13-32-45(7)18-15-34(51)44(5,6)31(45)14-19-48(32,10)47(28,9)21-23-49/h12,27,29-34,51-52H,11,13-26H2,1-10H3/t29-,30+,31-,32+,33-,34-,45-,46-,47+,48+,49-,50+/m0/s1. The fourth-order valence-corrected chi connectivity index (χ4v) is 16.7. The Kier molecular flexibility index (Phi) is 8.72. The second kappa shape index (κ2) is 12.4. The van der Waals surface area contributed by atoms with Crippen molar-refractivity contribution >= 4 is 23.5 Å². The number of allylic oxidation sites excluding steroid dienone is 3. The van der Waals surface area contributed by atoms with Crippen molar-refractivity contribution in [2.24, 2.45) is 72.9 Å². The van der Waals surface area contributed by atoms with Crippen molar-refractivity contribution in [2.75, 3.05) is 6.61 Å². The molecule has 0 aromatic heterocycles. The van der Waals surface area contributed by atoms with Gasteiger partial charge >= 0.3 is 11.9 Å². The van der Waals surface area contributed by atoms with Crippen molar-refractivity contribution in [1.29, 1.82) is 0 Å². The zero-order valence-electron chi connectivity index (χ0n) is 37.1. The zero-order valence-corrected chi connectivity index (χ0v) is 37.1. The molecule has 0 aromatic carbocycles. The van der Waals surface area contributed by atoms with Gasteiger partial charge in [-0.3, -0.25) is 19.2 Å². The van der Waals surface area contributed by atoms with Gasteiger partial charge in [0.1, 0.15) is 18.5 Å². The smallest absolute Gasteiger partial charge is 0.313 e. The monoisotopic (exact) mass is 799 g/mol. The number of hydrogen-bond donors (Lipinski definition) is 2. The predicted octanol–water partition coefficient (Wildman–Crippen LogP) is 9.73. The average Bonchev–Trinajstić information content (AvgIpc) is 3.14. The van der Waals surface area contributed by atoms with E-state index < -0.39 is 39.8 Å². The van der Waals surface area contributed by atoms with Crippen LogP contribution in [0.4, 0.5) is 0 Å². The van der Waals surface area contributed by atoms with Gasteiger partial charge in [-0.25, -0.2) is 0 Å². The normalized spacial score (nSPS) is 47.7. The Morgan fingerprint density at radius 1 is 0.845 bits per heavy atom. The Hall–Kier alpha value is -2.74. The number of carbonyl (C=O) groups is 4. The molecule has 8 nitrogen and oxygen atoms in total. The Morgan fingerprint density at radius 3 is 2.26 bits per heavy atom. The minimum absolute atomic E-state index is 0.00899. The van der Waals surface area contributed by atoms with Crippen LogP contribution in [0.15, 0.2) is 34.1 Å². The van der Waals surface area contributed by atoms with Crippen molar-refractivity contribution in [3.8, 4) is 0 Å². The molecule has 8 heteroatoms. The molecule has 1 aliphatic heterocycles. The minimum Gasteiger partial charge on any atom is -0.507 e. The molecule has 0 radical (unpaired) electrons. The molecule has 12 atom stereocenters. The van der Waals surface area contributed by atoms with Gasteiger partial charge in [0.15, 0.2) is 0 Å². The van der Waals surface area contributed by atoms with Gasteiger partial charge in [-0.15, -0.1) is 0 Å². The van der Waals surface area contributed by atoms with Gasteiger partial charge in [-0.05, 0) is 147 Å². The van der Waals surface area contributed by atoms with Crippen molar-refractivity contribution in [1.82, 2.24) is 0 Å². The van der Waals surface area contributed by atoms with Gasteiger partial charge in [0.05, 0.1) is 16.9 Å². The highest BCUT2D eigenvalue weighted by molar-refractivity contribution is 6.50. The lowest BCUT2D eigenvalue weighted by Gasteiger charge is -2.71. The van der Waals surface area contributed by atoms with E-state index in [1.54, 1.807) is 13.8 Å². The van der Waals surface area contributed by atoms with E-state index in [0.29, 0.717) is 50.4 Å². The summed E-state index contributed by atoms with van der Waals surface area (Å²) in [7, 11) is 0. The van der Waals surface area contributed by atoms with E-state index >= 15 is 4.79 Å². The fraction of sp³-hybridized carbons (Fsp3) is 0.800. The molecule has 2 N–H and O–H groups in total. The molecule has 0 spiro atoms. The maximum Gasteiger partial charge on any atom is 0.313 e. The van der Waals surface area contributed by atoms with E-state index in [-0.39, 0.29) is 86.0 Å². The summed E-state index contributed by atoms with van der Waals surface area (Å²) in [5, 5.41) is 23.3. The summed E-state index contributed by atoms with van der Waals surface area (Å²) in [6.07, 6.45) is 12.6. The van der Waals surface area contributed by atoms with Gasteiger partial charge in [0, 0.05) is 22.1 Å². The molecule has 5 saturated carbocycles. The third-order valence-electron chi connectivity index (χ3n) is 20.3. The fourth-order valence-electron chi connectivity index (χ4n) is 16.7. The maximum atomic E-state index is 15.6. The minimum atomic E-state index is -0.963. The van der Waals surface area contributed by atoms with Crippen molar-refractivity contribution in [2.45, 2.75) is 171 Å². The van der Waals surface area contributed by atoms with E-state index in [0.717, 1.165) is 51.4 Å². The quantitative estimate of drug-likeness (QED) is 0.125. The van der Waals surface area contributed by atoms with Crippen molar-refractivity contribution in [3.63, 3.8) is 0 Å². The lowest BCUT2D eigenvalue weighted by atomic mass is 9.33. The third kappa shape index (κ3) is 4.90. The number of Topliss-reactive ketones (excluding diaryl/α,β-unsaturated/α-hetero) is 2. The first-order valence-corrected chi connectivity index (χ1v) is 23.0. The van der Waals surface area contributed by atoms with E-state index in [2.05, 4.69) is 54.5 Å². The van der Waals surface area contributed by atoms with Crippen molar-refractivity contribution < 1.29 is 38.9 Å². The molecule has 58 heavy (non-hydrogen) atoms. The Morgan fingerprint density at radius 2 is 1.55 bits per heavy atom. The molecule has 0 unspecified atom stereocenters. The van der Waals surface area contributed by atoms with E-state index in [9.17, 15) is 24.6 Å². The van der Waals surface area contributed by atoms with Crippen LogP contribution in [0.5, 0.6) is 0 Å². The molecule has 0 amide bonds. The summed E-state index contributed by atoms with van der Waals surface area (Å²) in [5.74, 6) is -2.00. The van der Waals surface area contributed by atoms with Crippen LogP contribution in [0.2, 0.25) is 0 Å². The summed E-state index contributed by atoms with van der Waals surface area (Å²) in [5.41, 5.74) is -0.611. The zero-order chi connectivity index (χ0) is 42.0. The van der Waals surface area contributed by atoms with E-state index in [4.69, 9.17) is 9.47 Å². The van der Waals surface area contributed by atoms with Gasteiger partial charge in [-0.2, -0.15) is 0 Å². The van der Waals surface area contributed by atoms with Crippen LogP contribution in [0.25, 0.3) is 0 Å². The highest BCUT2D eigenvalue weighted by Gasteiger charge is 2.71. The summed E-state index contributed by atoms with van der Waals surface area (Å²) >= 11 is 0. The molecule has 1 saturated heterocycles. The van der Waals surface area contributed by atoms with Crippen LogP contribution in [0.1, 0.15) is 159 Å². The molecule has 6 fully saturated rings. The number of carbonyl (C=O) groups excluding carboxylic acids is 4. The highest BCUT2D eigenvalue weighted by Crippen LogP contribution is 2.76. The Bertz CT molecular complexity index is 1980. The van der Waals surface area contributed by atoms with E-state index in [1.165, 1.54) is 5.57 Å². The second-order valence-electron chi connectivity index (χ2n) is 23.8. The van der Waals surface area contributed by atoms with Gasteiger partial charge in [0.2, 0.25) is 11.6 Å². The van der Waals surface area contributed by atoms with Gasteiger partial charge in [0.25, 0.3) is 0 Å². The molecule has 9 rings (SSSR count). The molecule has 1 heterocycles. The number of fused-ring (bicyclic) bond motifs is 7. The van der Waals surface area contributed by atoms with Crippen LogP contribution in [-0.2, 0) is 28.7 Å². The van der Waals surface area contributed by atoms with Crippen LogP contribution in [-0.4, -0.2) is 52.5 Å². The number of rotatable bonds is 3. The molecule has 0 aromatic rings. The topological polar surface area (TPSA) is 127 Å². The molecule has 9 aliphatic rings. The van der Waals surface area contributed by atoms with Crippen LogP contribution in [0, 0.1) is 72.9 Å². The summed E-state index contributed by atoms with van der Waals surface area (Å²) in [4.78, 5) is 57.4. The second-order valence-corrected chi connectivity index (χ2v) is 23.8. The summed E-state index contributed by atoms with van der Waals surface area (Å²) < 4.78 is 12.8. The first-order chi connectivity index (χ1) is 27.0. The lowest BCUT2D eigenvalue weighted by molar-refractivity contribution is -0.208. The number of esters is 2. The van der Waals surface area contributed by atoms with Crippen LogP contribution >= 0.6 is 0 Å². The highest BCUT2D eigenvalue weighted by atomic mass is 16.5. The molecule has 318 valence electrons. The Labute approximate surface area is 346 Å². The van der Waals surface area contributed by atoms with Crippen molar-refractivity contribution in [3.05, 3.63) is 34.1 Å². The largest absolute Gasteiger partial charge is 0.507 e. The Balaban J connectivity index is 1.13. The summed E-state index contributed by atoms with van der Waals surface area (Å²) in [6, 6.07) is 0. The van der Waals surface area contributed by atoms with Crippen LogP contribution < -0.4 is 0 Å². The molecule has 8 aliphatic carbocycles. The van der Waals surface area contributed by atoms with E-state index in [1.807, 2.05) is 6.92 Å². The first-order valence-electron chi connectivity index (χ1n) is 23.0. The maximum absolute atomic E-state index is 15.6. The average molecular weight is 799 g/mol.